The van der Waals surface area contributed by atoms with Gasteiger partial charge < -0.3 is 0 Å². The molecule has 0 unspecified atom stereocenters. The minimum Gasteiger partial charge on any atom is -0.244 e. The number of hydrogen-bond acceptors (Lipinski definition) is 2. The van der Waals surface area contributed by atoms with Gasteiger partial charge in [0.15, 0.2) is 0 Å². The van der Waals surface area contributed by atoms with Gasteiger partial charge in [0.1, 0.15) is 0 Å². The lowest BCUT2D eigenvalue weighted by molar-refractivity contribution is 1.36. The van der Waals surface area contributed by atoms with E-state index in [1.54, 1.807) is 11.3 Å². The third kappa shape index (κ3) is 2.00. The number of halogens is 2. The molecule has 1 aromatic carbocycles. The third-order valence-electron chi connectivity index (χ3n) is 1.88. The van der Waals surface area contributed by atoms with Crippen LogP contribution < -0.4 is 0 Å². The van der Waals surface area contributed by atoms with Crippen molar-refractivity contribution < 1.29 is 0 Å². The Bertz CT molecular complexity index is 424. The van der Waals surface area contributed by atoms with E-state index in [9.17, 15) is 0 Å². The zero-order chi connectivity index (χ0) is 9.97. The minimum atomic E-state index is 0.524. The van der Waals surface area contributed by atoms with Crippen molar-refractivity contribution in [3.05, 3.63) is 39.1 Å². The van der Waals surface area contributed by atoms with E-state index < -0.39 is 0 Å². The summed E-state index contributed by atoms with van der Waals surface area (Å²) < 4.78 is 1.07. The molecule has 72 valence electrons. The number of aromatic nitrogens is 1. The molecule has 0 amide bonds. The largest absolute Gasteiger partial charge is 0.244 e. The maximum absolute atomic E-state index is 5.82. The van der Waals surface area contributed by atoms with E-state index in [0.717, 1.165) is 20.6 Å². The smallest absolute Gasteiger partial charge is 0.0855 e. The third-order valence-corrected chi connectivity index (χ3v) is 3.67. The molecule has 0 N–H and O–H groups in total. The Kier molecular flexibility index (Phi) is 3.21. The van der Waals surface area contributed by atoms with Crippen molar-refractivity contribution in [1.82, 2.24) is 4.98 Å². The average Bonchev–Trinajstić information content (AvgIpc) is 2.67. The number of rotatable bonds is 2. The molecule has 1 nitrogen and oxygen atoms in total. The lowest BCUT2D eigenvalue weighted by atomic mass is 10.1. The van der Waals surface area contributed by atoms with Crippen molar-refractivity contribution in [2.75, 3.05) is 0 Å². The molecule has 14 heavy (non-hydrogen) atoms. The topological polar surface area (TPSA) is 12.9 Å². The molecular formula is C10H7BrClNS. The number of thiazole rings is 1. The fourth-order valence-corrected chi connectivity index (χ4v) is 2.42. The highest BCUT2D eigenvalue weighted by Crippen LogP contribution is 2.27. The van der Waals surface area contributed by atoms with Crippen LogP contribution in [0, 0.1) is 0 Å². The van der Waals surface area contributed by atoms with Gasteiger partial charge in [-0.25, -0.2) is 4.98 Å². The van der Waals surface area contributed by atoms with Crippen LogP contribution >= 0.6 is 38.9 Å². The molecule has 0 spiro atoms. The van der Waals surface area contributed by atoms with Crippen LogP contribution in [0.2, 0.25) is 0 Å². The van der Waals surface area contributed by atoms with Crippen LogP contribution in [0.15, 0.2) is 34.2 Å². The van der Waals surface area contributed by atoms with Crippen LogP contribution in [-0.4, -0.2) is 4.98 Å². The summed E-state index contributed by atoms with van der Waals surface area (Å²) in [5.74, 6) is 0.524. The van der Waals surface area contributed by atoms with Gasteiger partial charge in [-0.15, -0.1) is 22.9 Å². The zero-order valence-electron chi connectivity index (χ0n) is 7.21. The van der Waals surface area contributed by atoms with Crippen molar-refractivity contribution in [2.45, 2.75) is 5.88 Å². The van der Waals surface area contributed by atoms with Gasteiger partial charge in [0.05, 0.1) is 17.1 Å². The highest BCUT2D eigenvalue weighted by Gasteiger charge is 2.06. The molecule has 0 fully saturated rings. The predicted octanol–water partition coefficient (Wildman–Crippen LogP) is 4.31. The molecule has 0 aliphatic rings. The Balaban J connectivity index is 2.44. The molecule has 0 aliphatic heterocycles. The quantitative estimate of drug-likeness (QED) is 0.750. The van der Waals surface area contributed by atoms with Crippen LogP contribution in [-0.2, 0) is 5.88 Å². The second-order valence-corrected chi connectivity index (χ2v) is 4.89. The van der Waals surface area contributed by atoms with Gasteiger partial charge >= 0.3 is 0 Å². The number of nitrogens with zero attached hydrogens (tertiary/aromatic N) is 1. The molecule has 2 rings (SSSR count). The van der Waals surface area contributed by atoms with E-state index in [2.05, 4.69) is 20.9 Å². The first kappa shape index (κ1) is 10.1. The van der Waals surface area contributed by atoms with Gasteiger partial charge in [-0.3, -0.25) is 0 Å². The minimum absolute atomic E-state index is 0.524. The summed E-state index contributed by atoms with van der Waals surface area (Å²) >= 11 is 10.8. The second-order valence-electron chi connectivity index (χ2n) is 2.76. The van der Waals surface area contributed by atoms with Crippen molar-refractivity contribution >= 4 is 38.9 Å². The molecule has 1 aromatic heterocycles. The van der Waals surface area contributed by atoms with Crippen LogP contribution in [0.3, 0.4) is 0 Å². The Morgan fingerprint density at radius 3 is 2.64 bits per heavy atom. The van der Waals surface area contributed by atoms with Gasteiger partial charge in [-0.05, 0) is 12.1 Å². The predicted molar refractivity (Wildman–Crippen MR) is 64.8 cm³/mol. The maximum Gasteiger partial charge on any atom is 0.0855 e. The Hall–Kier alpha value is -0.380. The molecule has 0 atom stereocenters. The van der Waals surface area contributed by atoms with Crippen LogP contribution in [0.5, 0.6) is 0 Å². The lowest BCUT2D eigenvalue weighted by Crippen LogP contribution is -1.81. The first-order chi connectivity index (χ1) is 6.81. The number of hydrogen-bond donors (Lipinski definition) is 0. The highest BCUT2D eigenvalue weighted by atomic mass is 79.9. The molecule has 0 saturated carbocycles. The summed E-state index contributed by atoms with van der Waals surface area (Å²) in [6, 6.07) is 8.09. The van der Waals surface area contributed by atoms with Crippen molar-refractivity contribution in [3.63, 3.8) is 0 Å². The number of benzene rings is 1. The lowest BCUT2D eigenvalue weighted by Gasteiger charge is -1.99. The van der Waals surface area contributed by atoms with E-state index in [0.29, 0.717) is 5.88 Å². The molecule has 2 aromatic rings. The molecule has 0 radical (unpaired) electrons. The summed E-state index contributed by atoms with van der Waals surface area (Å²) in [7, 11) is 0. The Morgan fingerprint density at radius 2 is 2.00 bits per heavy atom. The van der Waals surface area contributed by atoms with Crippen molar-refractivity contribution in [3.8, 4) is 11.3 Å². The fourth-order valence-electron chi connectivity index (χ4n) is 1.21. The van der Waals surface area contributed by atoms with E-state index in [4.69, 9.17) is 11.6 Å². The molecule has 0 aliphatic carbocycles. The summed E-state index contributed by atoms with van der Waals surface area (Å²) in [6.07, 6.45) is 0. The highest BCUT2D eigenvalue weighted by molar-refractivity contribution is 9.10. The normalized spacial score (nSPS) is 10.4. The molecule has 0 saturated heterocycles. The van der Waals surface area contributed by atoms with Gasteiger partial charge in [-0.1, -0.05) is 28.1 Å². The average molecular weight is 289 g/mol. The standard InChI is InChI=1S/C10H7BrClNS/c11-8-3-1-7(2-4-8)10-9(5-12)14-6-13-10/h1-4,6H,5H2. The maximum atomic E-state index is 5.82. The zero-order valence-corrected chi connectivity index (χ0v) is 10.4. The summed E-state index contributed by atoms with van der Waals surface area (Å²) in [5, 5.41) is 0. The van der Waals surface area contributed by atoms with Crippen LogP contribution in [0.1, 0.15) is 4.88 Å². The van der Waals surface area contributed by atoms with Crippen molar-refractivity contribution in [1.29, 1.82) is 0 Å². The van der Waals surface area contributed by atoms with Gasteiger partial charge in [0.2, 0.25) is 0 Å². The van der Waals surface area contributed by atoms with Crippen LogP contribution in [0.25, 0.3) is 11.3 Å². The summed E-state index contributed by atoms with van der Waals surface area (Å²) in [4.78, 5) is 5.43. The molecule has 0 bridgehead atoms. The van der Waals surface area contributed by atoms with Crippen molar-refractivity contribution in [2.24, 2.45) is 0 Å². The first-order valence-corrected chi connectivity index (χ1v) is 6.26. The van der Waals surface area contributed by atoms with E-state index >= 15 is 0 Å². The second kappa shape index (κ2) is 4.43. The number of alkyl halides is 1. The Labute approximate surface area is 99.9 Å². The van der Waals surface area contributed by atoms with E-state index in [1.165, 1.54) is 0 Å². The monoisotopic (exact) mass is 287 g/mol. The first-order valence-electron chi connectivity index (χ1n) is 4.05. The molecule has 4 heteroatoms. The van der Waals surface area contributed by atoms with Gasteiger partial charge in [-0.2, -0.15) is 0 Å². The fraction of sp³-hybridized carbons (Fsp3) is 0.100. The summed E-state index contributed by atoms with van der Waals surface area (Å²) in [5.41, 5.74) is 3.94. The van der Waals surface area contributed by atoms with E-state index in [1.807, 2.05) is 29.8 Å². The Morgan fingerprint density at radius 1 is 1.29 bits per heavy atom. The molecule has 1 heterocycles. The summed E-state index contributed by atoms with van der Waals surface area (Å²) in [6.45, 7) is 0. The molecular weight excluding hydrogens is 282 g/mol. The van der Waals surface area contributed by atoms with Gasteiger partial charge in [0.25, 0.3) is 0 Å². The van der Waals surface area contributed by atoms with Crippen LogP contribution in [0.4, 0.5) is 0 Å². The SMILES string of the molecule is ClCc1scnc1-c1ccc(Br)cc1. The van der Waals surface area contributed by atoms with E-state index in [-0.39, 0.29) is 0 Å². The van der Waals surface area contributed by atoms with Gasteiger partial charge in [0, 0.05) is 14.9 Å².